The molecule has 4 nitrogen and oxygen atoms in total. The molecule has 120 valence electrons. The van der Waals surface area contributed by atoms with Crippen LogP contribution >= 0.6 is 11.8 Å². The van der Waals surface area contributed by atoms with E-state index in [0.29, 0.717) is 4.90 Å². The lowest BCUT2D eigenvalue weighted by Gasteiger charge is -2.16. The third-order valence-corrected chi connectivity index (χ3v) is 5.52. The van der Waals surface area contributed by atoms with E-state index in [0.717, 1.165) is 24.3 Å². The first-order valence-corrected chi connectivity index (χ1v) is 10.1. The maximum absolute atomic E-state index is 12.4. The summed E-state index contributed by atoms with van der Waals surface area (Å²) in [7, 11) is -3.45. The van der Waals surface area contributed by atoms with E-state index in [2.05, 4.69) is 10.0 Å². The lowest BCUT2D eigenvalue weighted by molar-refractivity contribution is 0.556. The average Bonchev–Trinajstić information content (AvgIpc) is 2.45. The van der Waals surface area contributed by atoms with Crippen LogP contribution in [0.5, 0.6) is 0 Å². The molecule has 0 aliphatic carbocycles. The molecule has 2 atom stereocenters. The van der Waals surface area contributed by atoms with E-state index < -0.39 is 10.0 Å². The van der Waals surface area contributed by atoms with Crippen LogP contribution in [0.2, 0.25) is 0 Å². The van der Waals surface area contributed by atoms with Crippen LogP contribution in [0.25, 0.3) is 0 Å². The Kier molecular flexibility index (Phi) is 7.73. The Morgan fingerprint density at radius 1 is 1.29 bits per heavy atom. The maximum atomic E-state index is 12.4. The molecule has 0 spiro atoms. The van der Waals surface area contributed by atoms with Gasteiger partial charge in [0.1, 0.15) is 0 Å². The van der Waals surface area contributed by atoms with E-state index >= 15 is 0 Å². The molecule has 0 fully saturated rings. The molecule has 0 aromatic heterocycles. The summed E-state index contributed by atoms with van der Waals surface area (Å²) in [4.78, 5) is 0.334. The van der Waals surface area contributed by atoms with Gasteiger partial charge < -0.3 is 5.32 Å². The van der Waals surface area contributed by atoms with Crippen molar-refractivity contribution in [3.8, 4) is 0 Å². The Morgan fingerprint density at radius 2 is 2.00 bits per heavy atom. The third-order valence-electron chi connectivity index (χ3n) is 3.29. The van der Waals surface area contributed by atoms with Gasteiger partial charge in [-0.25, -0.2) is 13.1 Å². The minimum absolute atomic E-state index is 0.0581. The Balaban J connectivity index is 2.85. The van der Waals surface area contributed by atoms with Crippen LogP contribution in [-0.2, 0) is 10.0 Å². The van der Waals surface area contributed by atoms with Crippen molar-refractivity contribution in [1.29, 1.82) is 0 Å². The van der Waals surface area contributed by atoms with Gasteiger partial charge >= 0.3 is 0 Å². The predicted octanol–water partition coefficient (Wildman–Crippen LogP) is 2.78. The van der Waals surface area contributed by atoms with E-state index in [-0.39, 0.29) is 12.1 Å². The molecule has 2 unspecified atom stereocenters. The van der Waals surface area contributed by atoms with Gasteiger partial charge in [-0.3, -0.25) is 0 Å². The molecule has 0 aliphatic rings. The molecule has 0 heterocycles. The fourth-order valence-corrected chi connectivity index (χ4v) is 3.98. The van der Waals surface area contributed by atoms with Crippen molar-refractivity contribution in [2.45, 2.75) is 44.2 Å². The van der Waals surface area contributed by atoms with Crippen LogP contribution in [0.3, 0.4) is 0 Å². The first-order valence-electron chi connectivity index (χ1n) is 7.25. The highest BCUT2D eigenvalue weighted by atomic mass is 32.2. The van der Waals surface area contributed by atoms with Crippen molar-refractivity contribution < 1.29 is 8.42 Å². The lowest BCUT2D eigenvalue weighted by atomic mass is 10.1. The summed E-state index contributed by atoms with van der Waals surface area (Å²) in [5.74, 6) is 0.946. The number of benzene rings is 1. The lowest BCUT2D eigenvalue weighted by Crippen LogP contribution is -2.33. The monoisotopic (exact) mass is 330 g/mol. The van der Waals surface area contributed by atoms with Gasteiger partial charge in [0.25, 0.3) is 0 Å². The van der Waals surface area contributed by atoms with E-state index in [1.54, 1.807) is 30.0 Å². The normalized spacial score (nSPS) is 14.9. The van der Waals surface area contributed by atoms with Crippen molar-refractivity contribution in [2.24, 2.45) is 0 Å². The fraction of sp³-hybridized carbons (Fsp3) is 0.600. The Morgan fingerprint density at radius 3 is 2.62 bits per heavy atom. The van der Waals surface area contributed by atoms with E-state index in [9.17, 15) is 8.42 Å². The molecule has 0 amide bonds. The summed E-state index contributed by atoms with van der Waals surface area (Å²) in [6, 6.07) is 7.22. The standard InChI is InChI=1S/C15H26N2O2S2/c1-5-16-13(3)14-7-6-8-15(11-14)21(18,19)17-12(2)9-10-20-4/h6-8,11-13,16-17H,5,9-10H2,1-4H3. The van der Waals surface area contributed by atoms with Gasteiger partial charge in [-0.1, -0.05) is 19.1 Å². The molecule has 0 aliphatic heterocycles. The molecule has 1 aromatic carbocycles. The molecule has 0 bridgehead atoms. The maximum Gasteiger partial charge on any atom is 0.240 e. The second-order valence-electron chi connectivity index (χ2n) is 5.16. The highest BCUT2D eigenvalue weighted by Gasteiger charge is 2.18. The number of hydrogen-bond donors (Lipinski definition) is 2. The summed E-state index contributed by atoms with van der Waals surface area (Å²) in [5.41, 5.74) is 0.983. The Hall–Kier alpha value is -0.560. The van der Waals surface area contributed by atoms with Crippen molar-refractivity contribution >= 4 is 21.8 Å². The van der Waals surface area contributed by atoms with Crippen molar-refractivity contribution in [2.75, 3.05) is 18.6 Å². The zero-order valence-electron chi connectivity index (χ0n) is 13.2. The second-order valence-corrected chi connectivity index (χ2v) is 7.86. The molecule has 0 radical (unpaired) electrons. The number of nitrogens with one attached hydrogen (secondary N) is 2. The highest BCUT2D eigenvalue weighted by molar-refractivity contribution is 7.98. The van der Waals surface area contributed by atoms with Gasteiger partial charge in [-0.2, -0.15) is 11.8 Å². The van der Waals surface area contributed by atoms with Crippen LogP contribution in [0.15, 0.2) is 29.2 Å². The zero-order chi connectivity index (χ0) is 15.9. The Bertz CT molecular complexity index is 532. The minimum Gasteiger partial charge on any atom is -0.310 e. The van der Waals surface area contributed by atoms with E-state index in [1.165, 1.54) is 0 Å². The van der Waals surface area contributed by atoms with E-state index in [1.807, 2.05) is 33.1 Å². The van der Waals surface area contributed by atoms with Crippen LogP contribution < -0.4 is 10.0 Å². The number of sulfonamides is 1. The highest BCUT2D eigenvalue weighted by Crippen LogP contribution is 2.18. The molecule has 0 saturated carbocycles. The van der Waals surface area contributed by atoms with Gasteiger partial charge in [0.15, 0.2) is 0 Å². The van der Waals surface area contributed by atoms with Crippen molar-refractivity contribution in [3.05, 3.63) is 29.8 Å². The molecule has 6 heteroatoms. The SMILES string of the molecule is CCNC(C)c1cccc(S(=O)(=O)NC(C)CCSC)c1. The molecular weight excluding hydrogens is 304 g/mol. The Labute approximate surface area is 133 Å². The third kappa shape index (κ3) is 5.98. The largest absolute Gasteiger partial charge is 0.310 e. The van der Waals surface area contributed by atoms with Crippen LogP contribution in [-0.4, -0.2) is 33.0 Å². The second kappa shape index (κ2) is 8.78. The van der Waals surface area contributed by atoms with Gasteiger partial charge in [0, 0.05) is 12.1 Å². The average molecular weight is 331 g/mol. The molecule has 1 rings (SSSR count). The summed E-state index contributed by atoms with van der Waals surface area (Å²) in [6.07, 6.45) is 2.85. The first kappa shape index (κ1) is 18.5. The van der Waals surface area contributed by atoms with Crippen molar-refractivity contribution in [3.63, 3.8) is 0 Å². The van der Waals surface area contributed by atoms with Crippen LogP contribution in [0.1, 0.15) is 38.8 Å². The number of rotatable bonds is 9. The van der Waals surface area contributed by atoms with Crippen LogP contribution in [0.4, 0.5) is 0 Å². The van der Waals surface area contributed by atoms with Gasteiger partial charge in [0.2, 0.25) is 10.0 Å². The molecule has 2 N–H and O–H groups in total. The minimum atomic E-state index is -3.45. The van der Waals surface area contributed by atoms with Crippen LogP contribution in [0, 0.1) is 0 Å². The number of thioether (sulfide) groups is 1. The first-order chi connectivity index (χ1) is 9.90. The molecule has 21 heavy (non-hydrogen) atoms. The summed E-state index contributed by atoms with van der Waals surface area (Å²) < 4.78 is 27.5. The summed E-state index contributed by atoms with van der Waals surface area (Å²) in [5, 5.41) is 3.29. The fourth-order valence-electron chi connectivity index (χ4n) is 2.06. The summed E-state index contributed by atoms with van der Waals surface area (Å²) >= 11 is 1.72. The van der Waals surface area contributed by atoms with Gasteiger partial charge in [-0.05, 0) is 56.5 Å². The zero-order valence-corrected chi connectivity index (χ0v) is 14.9. The predicted molar refractivity (Wildman–Crippen MR) is 91.3 cm³/mol. The molecular formula is C15H26N2O2S2. The smallest absolute Gasteiger partial charge is 0.240 e. The quantitative estimate of drug-likeness (QED) is 0.731. The topological polar surface area (TPSA) is 58.2 Å². The summed E-state index contributed by atoms with van der Waals surface area (Å²) in [6.45, 7) is 6.82. The molecule has 1 aromatic rings. The molecule has 0 saturated heterocycles. The van der Waals surface area contributed by atoms with Gasteiger partial charge in [-0.15, -0.1) is 0 Å². The van der Waals surface area contributed by atoms with Gasteiger partial charge in [0.05, 0.1) is 4.90 Å². The van der Waals surface area contributed by atoms with E-state index in [4.69, 9.17) is 0 Å². The van der Waals surface area contributed by atoms with Crippen molar-refractivity contribution in [1.82, 2.24) is 10.0 Å². The number of hydrogen-bond acceptors (Lipinski definition) is 4.